The maximum atomic E-state index is 14.2. The van der Waals surface area contributed by atoms with Gasteiger partial charge in [0.15, 0.2) is 4.80 Å². The number of thiazole rings is 1. The number of methoxy groups -OCH3 is 1. The number of ether oxygens (including phenoxy) is 2. The van der Waals surface area contributed by atoms with E-state index in [2.05, 4.69) is 0 Å². The smallest absolute Gasteiger partial charge is 0.338 e. The molecule has 9 nitrogen and oxygen atoms in total. The van der Waals surface area contributed by atoms with Crippen molar-refractivity contribution in [2.75, 3.05) is 13.7 Å². The number of esters is 1. The normalized spacial score (nSPS) is 15.3. The van der Waals surface area contributed by atoms with Gasteiger partial charge in [0.2, 0.25) is 0 Å². The van der Waals surface area contributed by atoms with Gasteiger partial charge in [-0.3, -0.25) is 18.5 Å². The molecule has 1 atom stereocenters. The standard InChI is InChI=1S/C31H28N4O5S/c1-6-40-29(37)25-17(2)32-30-35(27(25)26-20-10-8-7-9-19(20)12-14-23(26)39-5)28(36)24(41-30)16-18-11-13-21-22(15-18)34(4)31(38)33(21)3/h7-16,27H,6H2,1-5H3/b24-16+. The van der Waals surface area contributed by atoms with E-state index in [0.717, 1.165) is 27.4 Å². The Kier molecular flexibility index (Phi) is 6.50. The van der Waals surface area contributed by atoms with Crippen LogP contribution < -0.4 is 25.3 Å². The van der Waals surface area contributed by atoms with Gasteiger partial charge in [0.05, 0.1) is 40.6 Å². The second kappa shape index (κ2) is 10.0. The second-order valence-electron chi connectivity index (χ2n) is 9.85. The highest BCUT2D eigenvalue weighted by molar-refractivity contribution is 7.07. The topological polar surface area (TPSA) is 96.8 Å². The first-order chi connectivity index (χ1) is 19.7. The molecule has 5 aromatic rings. The van der Waals surface area contributed by atoms with E-state index in [-0.39, 0.29) is 17.9 Å². The molecule has 6 rings (SSSR count). The molecule has 10 heteroatoms. The van der Waals surface area contributed by atoms with Crippen LogP contribution in [0.4, 0.5) is 0 Å². The summed E-state index contributed by atoms with van der Waals surface area (Å²) >= 11 is 1.25. The fourth-order valence-corrected chi connectivity index (χ4v) is 6.61. The third-order valence-electron chi connectivity index (χ3n) is 7.53. The van der Waals surface area contributed by atoms with E-state index in [1.165, 1.54) is 11.3 Å². The van der Waals surface area contributed by atoms with Crippen LogP contribution in [0.5, 0.6) is 5.75 Å². The molecule has 3 aromatic carbocycles. The van der Waals surface area contributed by atoms with Gasteiger partial charge in [0.25, 0.3) is 5.56 Å². The van der Waals surface area contributed by atoms with Crippen LogP contribution in [0.15, 0.2) is 80.4 Å². The van der Waals surface area contributed by atoms with E-state index in [1.54, 1.807) is 54.8 Å². The average molecular weight is 569 g/mol. The summed E-state index contributed by atoms with van der Waals surface area (Å²) in [6, 6.07) is 16.4. The number of nitrogens with zero attached hydrogens (tertiary/aromatic N) is 4. The summed E-state index contributed by atoms with van der Waals surface area (Å²) in [5, 5.41) is 1.81. The quantitative estimate of drug-likeness (QED) is 0.304. The first kappa shape index (κ1) is 26.5. The molecular weight excluding hydrogens is 540 g/mol. The largest absolute Gasteiger partial charge is 0.496 e. The Morgan fingerprint density at radius 1 is 1.05 bits per heavy atom. The second-order valence-corrected chi connectivity index (χ2v) is 10.9. The SMILES string of the molecule is CCOC(=O)C1=C(C)N=c2s/c(=C/c3ccc4c(c3)n(C)c(=O)n4C)c(=O)n2C1c1c(OC)ccc2ccccc12. The van der Waals surface area contributed by atoms with E-state index in [0.29, 0.717) is 31.9 Å². The van der Waals surface area contributed by atoms with E-state index >= 15 is 0 Å². The lowest BCUT2D eigenvalue weighted by Gasteiger charge is -2.27. The molecule has 1 aliphatic rings. The number of carbonyl (C=O) groups is 1. The minimum atomic E-state index is -0.814. The van der Waals surface area contributed by atoms with Crippen molar-refractivity contribution in [1.82, 2.24) is 13.7 Å². The number of rotatable bonds is 5. The van der Waals surface area contributed by atoms with E-state index < -0.39 is 12.0 Å². The van der Waals surface area contributed by atoms with E-state index in [4.69, 9.17) is 14.5 Å². The third kappa shape index (κ3) is 4.13. The average Bonchev–Trinajstić information content (AvgIpc) is 3.38. The molecule has 0 amide bonds. The molecular formula is C31H28N4O5S. The summed E-state index contributed by atoms with van der Waals surface area (Å²) < 4.78 is 16.4. The Hall–Kier alpha value is -4.70. The third-order valence-corrected chi connectivity index (χ3v) is 8.52. The molecule has 0 saturated heterocycles. The van der Waals surface area contributed by atoms with Gasteiger partial charge in [-0.25, -0.2) is 14.6 Å². The van der Waals surface area contributed by atoms with Gasteiger partial charge in [-0.2, -0.15) is 0 Å². The maximum absolute atomic E-state index is 14.2. The molecule has 208 valence electrons. The van der Waals surface area contributed by atoms with Crippen LogP contribution in [0.25, 0.3) is 27.9 Å². The molecule has 0 bridgehead atoms. The Balaban J connectivity index is 1.64. The monoisotopic (exact) mass is 568 g/mol. The summed E-state index contributed by atoms with van der Waals surface area (Å²) in [6.07, 6.45) is 1.79. The fraction of sp³-hybridized carbons (Fsp3) is 0.226. The summed E-state index contributed by atoms with van der Waals surface area (Å²) in [6.45, 7) is 3.69. The molecule has 2 aromatic heterocycles. The van der Waals surface area contributed by atoms with Gasteiger partial charge in [0, 0.05) is 19.7 Å². The number of fused-ring (bicyclic) bond motifs is 3. The molecule has 0 spiro atoms. The van der Waals surface area contributed by atoms with Gasteiger partial charge in [-0.1, -0.05) is 47.7 Å². The number of hydrogen-bond acceptors (Lipinski definition) is 7. The van der Waals surface area contributed by atoms with Crippen LogP contribution in [0, 0.1) is 0 Å². The van der Waals surface area contributed by atoms with Crippen molar-refractivity contribution in [2.24, 2.45) is 19.1 Å². The molecule has 1 aliphatic heterocycles. The molecule has 1 unspecified atom stereocenters. The minimum Gasteiger partial charge on any atom is -0.496 e. The van der Waals surface area contributed by atoms with Gasteiger partial charge < -0.3 is 9.47 Å². The highest BCUT2D eigenvalue weighted by atomic mass is 32.1. The molecule has 0 N–H and O–H groups in total. The predicted molar refractivity (Wildman–Crippen MR) is 159 cm³/mol. The molecule has 0 aliphatic carbocycles. The number of allylic oxidation sites excluding steroid dienone is 1. The highest BCUT2D eigenvalue weighted by Gasteiger charge is 2.36. The Bertz CT molecular complexity index is 2160. The van der Waals surface area contributed by atoms with Gasteiger partial charge in [-0.05, 0) is 54.5 Å². The molecule has 0 radical (unpaired) electrons. The van der Waals surface area contributed by atoms with Crippen molar-refractivity contribution in [3.63, 3.8) is 0 Å². The lowest BCUT2D eigenvalue weighted by Crippen LogP contribution is -2.40. The van der Waals surface area contributed by atoms with Crippen LogP contribution in [-0.4, -0.2) is 33.4 Å². The molecule has 3 heterocycles. The van der Waals surface area contributed by atoms with Crippen molar-refractivity contribution < 1.29 is 14.3 Å². The fourth-order valence-electron chi connectivity index (χ4n) is 5.57. The molecule has 41 heavy (non-hydrogen) atoms. The van der Waals surface area contributed by atoms with E-state index in [1.807, 2.05) is 54.6 Å². The van der Waals surface area contributed by atoms with Crippen molar-refractivity contribution in [3.8, 4) is 5.75 Å². The first-order valence-corrected chi connectivity index (χ1v) is 14.0. The van der Waals surface area contributed by atoms with Gasteiger partial charge in [-0.15, -0.1) is 0 Å². The first-order valence-electron chi connectivity index (χ1n) is 13.2. The van der Waals surface area contributed by atoms with Crippen molar-refractivity contribution >= 4 is 45.2 Å². The number of imidazole rings is 1. The summed E-state index contributed by atoms with van der Waals surface area (Å²) in [4.78, 5) is 45.2. The Labute approximate surface area is 238 Å². The lowest BCUT2D eigenvalue weighted by atomic mass is 9.90. The van der Waals surface area contributed by atoms with Crippen LogP contribution in [0.3, 0.4) is 0 Å². The van der Waals surface area contributed by atoms with Gasteiger partial charge >= 0.3 is 11.7 Å². The zero-order valence-corrected chi connectivity index (χ0v) is 24.1. The number of aryl methyl sites for hydroxylation is 2. The lowest BCUT2D eigenvalue weighted by molar-refractivity contribution is -0.139. The number of hydrogen-bond donors (Lipinski definition) is 0. The van der Waals surface area contributed by atoms with Gasteiger partial charge in [0.1, 0.15) is 11.8 Å². The van der Waals surface area contributed by atoms with Crippen LogP contribution >= 0.6 is 11.3 Å². The number of aromatic nitrogens is 3. The van der Waals surface area contributed by atoms with Crippen molar-refractivity contribution in [2.45, 2.75) is 19.9 Å². The summed E-state index contributed by atoms with van der Waals surface area (Å²) in [5.41, 5.74) is 3.39. The zero-order valence-electron chi connectivity index (χ0n) is 23.3. The molecule has 0 fully saturated rings. The van der Waals surface area contributed by atoms with E-state index in [9.17, 15) is 14.4 Å². The van der Waals surface area contributed by atoms with Crippen molar-refractivity contribution in [1.29, 1.82) is 0 Å². The van der Waals surface area contributed by atoms with Crippen LogP contribution in [-0.2, 0) is 23.6 Å². The summed E-state index contributed by atoms with van der Waals surface area (Å²) in [7, 11) is 5.03. The summed E-state index contributed by atoms with van der Waals surface area (Å²) in [5.74, 6) is 0.0219. The number of benzene rings is 3. The Morgan fingerprint density at radius 3 is 2.56 bits per heavy atom. The molecule has 0 saturated carbocycles. The minimum absolute atomic E-state index is 0.123. The Morgan fingerprint density at radius 2 is 1.80 bits per heavy atom. The highest BCUT2D eigenvalue weighted by Crippen LogP contribution is 2.40. The van der Waals surface area contributed by atoms with Crippen molar-refractivity contribution in [3.05, 3.63) is 107 Å². The predicted octanol–water partition coefficient (Wildman–Crippen LogP) is 3.15. The van der Waals surface area contributed by atoms with Crippen LogP contribution in [0.1, 0.15) is 31.0 Å². The van der Waals surface area contributed by atoms with Crippen LogP contribution in [0.2, 0.25) is 0 Å². The number of carbonyl (C=O) groups excluding carboxylic acids is 1. The maximum Gasteiger partial charge on any atom is 0.338 e. The zero-order chi connectivity index (χ0) is 29.0.